The van der Waals surface area contributed by atoms with Gasteiger partial charge in [-0.25, -0.2) is 0 Å². The average molecular weight is 343 g/mol. The standard InChI is InChI=1S/C19H25N3O3/c1-3-21(4-2)18(23)13-22-10-9-14-12-15(7-8-16(14)22)20-19(24)17-6-5-11-25-17/h7-10,12,17H,3-6,11,13H2,1-2H3,(H,20,24)/t17-/m1/s1. The van der Waals surface area contributed by atoms with Gasteiger partial charge in [0.05, 0.1) is 0 Å². The van der Waals surface area contributed by atoms with Gasteiger partial charge < -0.3 is 19.5 Å². The molecule has 2 aromatic rings. The molecule has 1 saturated heterocycles. The van der Waals surface area contributed by atoms with Gasteiger partial charge in [-0.2, -0.15) is 0 Å². The second-order valence-corrected chi connectivity index (χ2v) is 6.27. The van der Waals surface area contributed by atoms with E-state index < -0.39 is 0 Å². The van der Waals surface area contributed by atoms with E-state index in [0.29, 0.717) is 26.2 Å². The molecule has 0 radical (unpaired) electrons. The highest BCUT2D eigenvalue weighted by Gasteiger charge is 2.23. The van der Waals surface area contributed by atoms with Crippen LogP contribution in [0.15, 0.2) is 30.5 Å². The number of hydrogen-bond acceptors (Lipinski definition) is 3. The highest BCUT2D eigenvalue weighted by atomic mass is 16.5. The first-order valence-electron chi connectivity index (χ1n) is 8.91. The molecule has 1 aromatic carbocycles. The number of nitrogens with one attached hydrogen (secondary N) is 1. The van der Waals surface area contributed by atoms with Crippen LogP contribution in [-0.2, 0) is 20.9 Å². The molecule has 1 aliphatic rings. The van der Waals surface area contributed by atoms with E-state index >= 15 is 0 Å². The zero-order valence-electron chi connectivity index (χ0n) is 14.8. The van der Waals surface area contributed by atoms with Gasteiger partial charge in [-0.3, -0.25) is 9.59 Å². The van der Waals surface area contributed by atoms with E-state index in [1.165, 1.54) is 0 Å². The van der Waals surface area contributed by atoms with E-state index in [4.69, 9.17) is 4.74 Å². The van der Waals surface area contributed by atoms with Crippen LogP contribution in [-0.4, -0.2) is 47.1 Å². The van der Waals surface area contributed by atoms with Crippen LogP contribution in [0.25, 0.3) is 10.9 Å². The van der Waals surface area contributed by atoms with Gasteiger partial charge >= 0.3 is 0 Å². The minimum atomic E-state index is -0.341. The van der Waals surface area contributed by atoms with Crippen molar-refractivity contribution >= 4 is 28.4 Å². The summed E-state index contributed by atoms with van der Waals surface area (Å²) in [6.45, 7) is 6.38. The fourth-order valence-electron chi connectivity index (χ4n) is 3.25. The number of nitrogens with zero attached hydrogens (tertiary/aromatic N) is 2. The summed E-state index contributed by atoms with van der Waals surface area (Å²) in [5.74, 6) is 0.0197. The predicted octanol–water partition coefficient (Wildman–Crippen LogP) is 2.63. The lowest BCUT2D eigenvalue weighted by atomic mass is 10.2. The summed E-state index contributed by atoms with van der Waals surface area (Å²) < 4.78 is 7.35. The molecular weight excluding hydrogens is 318 g/mol. The number of carbonyl (C=O) groups excluding carboxylic acids is 2. The normalized spacial score (nSPS) is 17.0. The summed E-state index contributed by atoms with van der Waals surface area (Å²) in [6.07, 6.45) is 3.28. The van der Waals surface area contributed by atoms with Gasteiger partial charge in [-0.15, -0.1) is 0 Å². The molecule has 3 rings (SSSR count). The van der Waals surface area contributed by atoms with E-state index in [9.17, 15) is 9.59 Å². The highest BCUT2D eigenvalue weighted by molar-refractivity contribution is 5.96. The molecule has 0 bridgehead atoms. The molecule has 6 nitrogen and oxygen atoms in total. The summed E-state index contributed by atoms with van der Waals surface area (Å²) in [4.78, 5) is 26.3. The molecule has 1 atom stereocenters. The largest absolute Gasteiger partial charge is 0.368 e. The van der Waals surface area contributed by atoms with Crippen molar-refractivity contribution in [3.05, 3.63) is 30.5 Å². The van der Waals surface area contributed by atoms with Crippen LogP contribution in [0, 0.1) is 0 Å². The van der Waals surface area contributed by atoms with Crippen LogP contribution in [0.4, 0.5) is 5.69 Å². The Hall–Kier alpha value is -2.34. The summed E-state index contributed by atoms with van der Waals surface area (Å²) >= 11 is 0. The molecule has 1 aromatic heterocycles. The first kappa shape index (κ1) is 17.5. The number of hydrogen-bond donors (Lipinski definition) is 1. The molecule has 6 heteroatoms. The van der Waals surface area contributed by atoms with Crippen LogP contribution < -0.4 is 5.32 Å². The number of likely N-dealkylation sites (N-methyl/N-ethyl adjacent to an activating group) is 1. The van der Waals surface area contributed by atoms with Crippen LogP contribution in [0.5, 0.6) is 0 Å². The lowest BCUT2D eigenvalue weighted by Crippen LogP contribution is -2.33. The van der Waals surface area contributed by atoms with Crippen LogP contribution >= 0.6 is 0 Å². The molecule has 0 unspecified atom stereocenters. The number of aromatic nitrogens is 1. The Morgan fingerprint density at radius 3 is 2.76 bits per heavy atom. The quantitative estimate of drug-likeness (QED) is 0.877. The number of rotatable bonds is 6. The van der Waals surface area contributed by atoms with Crippen LogP contribution in [0.1, 0.15) is 26.7 Å². The zero-order chi connectivity index (χ0) is 17.8. The van der Waals surface area contributed by atoms with E-state index in [-0.39, 0.29) is 17.9 Å². The SMILES string of the molecule is CCN(CC)C(=O)Cn1ccc2cc(NC(=O)[C@H]3CCCO3)ccc21. The van der Waals surface area contributed by atoms with Crippen molar-refractivity contribution in [2.45, 2.75) is 39.3 Å². The molecular formula is C19H25N3O3. The zero-order valence-corrected chi connectivity index (χ0v) is 14.8. The third-order valence-electron chi connectivity index (χ3n) is 4.68. The van der Waals surface area contributed by atoms with Crippen LogP contribution in [0.2, 0.25) is 0 Å². The predicted molar refractivity (Wildman–Crippen MR) is 97.5 cm³/mol. The Kier molecular flexibility index (Phi) is 5.38. The Labute approximate surface area is 147 Å². The lowest BCUT2D eigenvalue weighted by Gasteiger charge is -2.19. The van der Waals surface area contributed by atoms with Crippen molar-refractivity contribution in [3.63, 3.8) is 0 Å². The minimum absolute atomic E-state index is 0.0898. The molecule has 1 fully saturated rings. The third-order valence-corrected chi connectivity index (χ3v) is 4.68. The maximum absolute atomic E-state index is 12.3. The molecule has 2 heterocycles. The maximum atomic E-state index is 12.3. The fourth-order valence-corrected chi connectivity index (χ4v) is 3.25. The van der Waals surface area contributed by atoms with Crippen molar-refractivity contribution in [2.75, 3.05) is 25.0 Å². The van der Waals surface area contributed by atoms with Gasteiger partial charge in [0.25, 0.3) is 5.91 Å². The van der Waals surface area contributed by atoms with Crippen LogP contribution in [0.3, 0.4) is 0 Å². The molecule has 0 saturated carbocycles. The minimum Gasteiger partial charge on any atom is -0.368 e. The maximum Gasteiger partial charge on any atom is 0.253 e. The summed E-state index contributed by atoms with van der Waals surface area (Å²) in [6, 6.07) is 7.71. The smallest absolute Gasteiger partial charge is 0.253 e. The van der Waals surface area contributed by atoms with Crippen molar-refractivity contribution in [1.29, 1.82) is 0 Å². The van der Waals surface area contributed by atoms with E-state index in [0.717, 1.165) is 29.4 Å². The topological polar surface area (TPSA) is 63.6 Å². The van der Waals surface area contributed by atoms with Gasteiger partial charge in [0, 0.05) is 42.5 Å². The van der Waals surface area contributed by atoms with Gasteiger partial charge in [-0.1, -0.05) is 0 Å². The average Bonchev–Trinajstić information content (AvgIpc) is 3.26. The molecule has 2 amide bonds. The first-order valence-corrected chi connectivity index (χ1v) is 8.91. The molecule has 25 heavy (non-hydrogen) atoms. The summed E-state index contributed by atoms with van der Waals surface area (Å²) in [7, 11) is 0. The molecule has 0 spiro atoms. The van der Waals surface area contributed by atoms with Crippen molar-refractivity contribution < 1.29 is 14.3 Å². The van der Waals surface area contributed by atoms with Gasteiger partial charge in [0.1, 0.15) is 12.6 Å². The van der Waals surface area contributed by atoms with Crippen molar-refractivity contribution in [3.8, 4) is 0 Å². The summed E-state index contributed by atoms with van der Waals surface area (Å²) in [5.41, 5.74) is 1.73. The molecule has 0 aliphatic carbocycles. The van der Waals surface area contributed by atoms with Crippen molar-refractivity contribution in [1.82, 2.24) is 9.47 Å². The number of anilines is 1. The van der Waals surface area contributed by atoms with E-state index in [2.05, 4.69) is 5.32 Å². The van der Waals surface area contributed by atoms with Crippen molar-refractivity contribution in [2.24, 2.45) is 0 Å². The van der Waals surface area contributed by atoms with E-state index in [1.54, 1.807) is 0 Å². The second kappa shape index (κ2) is 7.70. The highest BCUT2D eigenvalue weighted by Crippen LogP contribution is 2.22. The number of ether oxygens (including phenoxy) is 1. The van der Waals surface area contributed by atoms with Gasteiger partial charge in [-0.05, 0) is 51.0 Å². The molecule has 1 aliphatic heterocycles. The molecule has 1 N–H and O–H groups in total. The number of benzene rings is 1. The van der Waals surface area contributed by atoms with E-state index in [1.807, 2.05) is 53.8 Å². The number of carbonyl (C=O) groups is 2. The fraction of sp³-hybridized carbons (Fsp3) is 0.474. The Morgan fingerprint density at radius 1 is 1.28 bits per heavy atom. The third kappa shape index (κ3) is 3.85. The second-order valence-electron chi connectivity index (χ2n) is 6.27. The van der Waals surface area contributed by atoms with Gasteiger partial charge in [0.15, 0.2) is 0 Å². The Balaban J connectivity index is 1.72. The monoisotopic (exact) mass is 343 g/mol. The van der Waals surface area contributed by atoms with Gasteiger partial charge in [0.2, 0.25) is 5.91 Å². The Morgan fingerprint density at radius 2 is 2.08 bits per heavy atom. The first-order chi connectivity index (χ1) is 12.1. The Bertz CT molecular complexity index is 758. The number of fused-ring (bicyclic) bond motifs is 1. The lowest BCUT2D eigenvalue weighted by molar-refractivity contribution is -0.131. The molecule has 134 valence electrons. The number of amides is 2. The summed E-state index contributed by atoms with van der Waals surface area (Å²) in [5, 5.41) is 3.91.